The maximum atomic E-state index is 4.45. The minimum absolute atomic E-state index is 0.0630. The SMILES string of the molecule is CC(C)(C)N1N=CC[C@H]1c1cccnc1. The Morgan fingerprint density at radius 1 is 1.40 bits per heavy atom. The molecule has 0 bridgehead atoms. The number of aromatic nitrogens is 1. The highest BCUT2D eigenvalue weighted by Crippen LogP contribution is 2.33. The first-order chi connectivity index (χ1) is 7.09. The first-order valence-corrected chi connectivity index (χ1v) is 5.31. The highest BCUT2D eigenvalue weighted by atomic mass is 15.5. The monoisotopic (exact) mass is 203 g/mol. The summed E-state index contributed by atoms with van der Waals surface area (Å²) in [6, 6.07) is 4.44. The smallest absolute Gasteiger partial charge is 0.0790 e. The molecule has 3 heteroatoms. The maximum absolute atomic E-state index is 4.45. The van der Waals surface area contributed by atoms with Crippen LogP contribution in [0, 0.1) is 0 Å². The Balaban J connectivity index is 2.25. The van der Waals surface area contributed by atoms with Gasteiger partial charge in [-0.05, 0) is 32.4 Å². The van der Waals surface area contributed by atoms with Crippen molar-refractivity contribution in [2.45, 2.75) is 38.8 Å². The highest BCUT2D eigenvalue weighted by Gasteiger charge is 2.31. The fourth-order valence-corrected chi connectivity index (χ4v) is 1.91. The van der Waals surface area contributed by atoms with Gasteiger partial charge in [0.2, 0.25) is 0 Å². The Morgan fingerprint density at radius 3 is 2.80 bits per heavy atom. The molecule has 0 amide bonds. The van der Waals surface area contributed by atoms with Crippen molar-refractivity contribution < 1.29 is 0 Å². The first-order valence-electron chi connectivity index (χ1n) is 5.31. The minimum atomic E-state index is 0.0630. The molecule has 1 aliphatic heterocycles. The molecule has 0 radical (unpaired) electrons. The van der Waals surface area contributed by atoms with E-state index < -0.39 is 0 Å². The zero-order chi connectivity index (χ0) is 10.9. The van der Waals surface area contributed by atoms with Gasteiger partial charge in [-0.2, -0.15) is 5.10 Å². The van der Waals surface area contributed by atoms with Crippen LogP contribution in [0.15, 0.2) is 29.6 Å². The predicted octanol–water partition coefficient (Wildman–Crippen LogP) is 2.61. The van der Waals surface area contributed by atoms with Crippen LogP contribution in [0.5, 0.6) is 0 Å². The van der Waals surface area contributed by atoms with Gasteiger partial charge in [0.15, 0.2) is 0 Å². The van der Waals surface area contributed by atoms with Crippen LogP contribution in [-0.4, -0.2) is 21.7 Å². The Hall–Kier alpha value is -1.38. The summed E-state index contributed by atoms with van der Waals surface area (Å²) in [7, 11) is 0. The van der Waals surface area contributed by atoms with E-state index in [4.69, 9.17) is 0 Å². The minimum Gasteiger partial charge on any atom is -0.284 e. The van der Waals surface area contributed by atoms with Gasteiger partial charge in [0.1, 0.15) is 0 Å². The number of nitrogens with zero attached hydrogens (tertiary/aromatic N) is 3. The lowest BCUT2D eigenvalue weighted by Gasteiger charge is -2.35. The normalized spacial score (nSPS) is 21.0. The lowest BCUT2D eigenvalue weighted by molar-refractivity contribution is 0.104. The third-order valence-corrected chi connectivity index (χ3v) is 2.59. The Bertz CT molecular complexity index is 351. The molecule has 3 nitrogen and oxygen atoms in total. The van der Waals surface area contributed by atoms with Crippen molar-refractivity contribution >= 4 is 6.21 Å². The molecule has 0 aliphatic carbocycles. The highest BCUT2D eigenvalue weighted by molar-refractivity contribution is 5.60. The second kappa shape index (κ2) is 3.65. The molecule has 0 N–H and O–H groups in total. The number of hydrogen-bond acceptors (Lipinski definition) is 3. The Morgan fingerprint density at radius 2 is 2.20 bits per heavy atom. The summed E-state index contributed by atoms with van der Waals surface area (Å²) in [4.78, 5) is 4.16. The zero-order valence-electron chi connectivity index (χ0n) is 9.51. The van der Waals surface area contributed by atoms with Crippen LogP contribution >= 0.6 is 0 Å². The van der Waals surface area contributed by atoms with Crippen molar-refractivity contribution in [2.75, 3.05) is 0 Å². The van der Waals surface area contributed by atoms with E-state index in [0.29, 0.717) is 6.04 Å². The van der Waals surface area contributed by atoms with Crippen LogP contribution < -0.4 is 0 Å². The van der Waals surface area contributed by atoms with Gasteiger partial charge in [-0.1, -0.05) is 6.07 Å². The standard InChI is InChI=1S/C12H17N3/c1-12(2,3)15-11(6-8-14-15)10-5-4-7-13-9-10/h4-5,7-9,11H,6H2,1-3H3/t11-/m0/s1. The van der Waals surface area contributed by atoms with Gasteiger partial charge in [0.25, 0.3) is 0 Å². The first kappa shape index (κ1) is 10.1. The van der Waals surface area contributed by atoms with Crippen molar-refractivity contribution in [1.82, 2.24) is 9.99 Å². The molecule has 1 aromatic heterocycles. The third-order valence-electron chi connectivity index (χ3n) is 2.59. The lowest BCUT2D eigenvalue weighted by atomic mass is 10.0. The second-order valence-corrected chi connectivity index (χ2v) is 4.85. The van der Waals surface area contributed by atoms with Gasteiger partial charge in [0, 0.05) is 25.0 Å². The van der Waals surface area contributed by atoms with E-state index in [0.717, 1.165) is 6.42 Å². The van der Waals surface area contributed by atoms with Gasteiger partial charge in [0.05, 0.1) is 11.6 Å². The van der Waals surface area contributed by atoms with Crippen LogP contribution in [-0.2, 0) is 0 Å². The predicted molar refractivity (Wildman–Crippen MR) is 61.7 cm³/mol. The molecular formula is C12H17N3. The molecule has 0 saturated heterocycles. The Kier molecular flexibility index (Phi) is 2.47. The average molecular weight is 203 g/mol. The molecule has 1 aliphatic rings. The van der Waals surface area contributed by atoms with E-state index in [1.165, 1.54) is 5.56 Å². The summed E-state index contributed by atoms with van der Waals surface area (Å²) >= 11 is 0. The van der Waals surface area contributed by atoms with E-state index in [-0.39, 0.29) is 5.54 Å². The molecule has 0 saturated carbocycles. The molecule has 0 aromatic carbocycles. The largest absolute Gasteiger partial charge is 0.284 e. The van der Waals surface area contributed by atoms with E-state index in [9.17, 15) is 0 Å². The third kappa shape index (κ3) is 2.01. The number of rotatable bonds is 1. The molecule has 2 rings (SSSR count). The van der Waals surface area contributed by atoms with E-state index in [1.807, 2.05) is 18.5 Å². The summed E-state index contributed by atoms with van der Waals surface area (Å²) in [5.74, 6) is 0. The van der Waals surface area contributed by atoms with E-state index in [2.05, 4.69) is 41.9 Å². The van der Waals surface area contributed by atoms with Crippen LogP contribution in [0.1, 0.15) is 38.8 Å². The zero-order valence-corrected chi connectivity index (χ0v) is 9.51. The molecule has 0 unspecified atom stereocenters. The summed E-state index contributed by atoms with van der Waals surface area (Å²) in [5.41, 5.74) is 1.30. The fraction of sp³-hybridized carbons (Fsp3) is 0.500. The van der Waals surface area contributed by atoms with Crippen LogP contribution in [0.25, 0.3) is 0 Å². The molecule has 1 atom stereocenters. The topological polar surface area (TPSA) is 28.5 Å². The molecule has 80 valence electrons. The van der Waals surface area contributed by atoms with Crippen LogP contribution in [0.2, 0.25) is 0 Å². The Labute approximate surface area is 90.8 Å². The van der Waals surface area contributed by atoms with Gasteiger partial charge >= 0.3 is 0 Å². The lowest BCUT2D eigenvalue weighted by Crippen LogP contribution is -2.37. The maximum Gasteiger partial charge on any atom is 0.0790 e. The summed E-state index contributed by atoms with van der Waals surface area (Å²) in [5, 5.41) is 6.60. The summed E-state index contributed by atoms with van der Waals surface area (Å²) in [6.45, 7) is 6.54. The van der Waals surface area contributed by atoms with Gasteiger partial charge in [-0.3, -0.25) is 9.99 Å². The number of pyridine rings is 1. The van der Waals surface area contributed by atoms with Crippen LogP contribution in [0.4, 0.5) is 0 Å². The van der Waals surface area contributed by atoms with E-state index in [1.54, 1.807) is 6.20 Å². The van der Waals surface area contributed by atoms with Crippen molar-refractivity contribution in [2.24, 2.45) is 5.10 Å². The summed E-state index contributed by atoms with van der Waals surface area (Å²) in [6.07, 6.45) is 6.70. The molecule has 2 heterocycles. The second-order valence-electron chi connectivity index (χ2n) is 4.85. The van der Waals surface area contributed by atoms with Gasteiger partial charge in [-0.15, -0.1) is 0 Å². The van der Waals surface area contributed by atoms with E-state index >= 15 is 0 Å². The number of hydrazone groups is 1. The molecule has 15 heavy (non-hydrogen) atoms. The number of hydrogen-bond donors (Lipinski definition) is 0. The van der Waals surface area contributed by atoms with Crippen LogP contribution in [0.3, 0.4) is 0 Å². The molecule has 1 aromatic rings. The summed E-state index contributed by atoms with van der Waals surface area (Å²) < 4.78 is 0. The molecule has 0 spiro atoms. The van der Waals surface area contributed by atoms with Crippen molar-refractivity contribution in [3.05, 3.63) is 30.1 Å². The quantitative estimate of drug-likeness (QED) is 0.702. The van der Waals surface area contributed by atoms with Gasteiger partial charge < -0.3 is 0 Å². The fourth-order valence-electron chi connectivity index (χ4n) is 1.91. The van der Waals surface area contributed by atoms with Crippen molar-refractivity contribution in [1.29, 1.82) is 0 Å². The van der Waals surface area contributed by atoms with Gasteiger partial charge in [-0.25, -0.2) is 0 Å². The molecular weight excluding hydrogens is 186 g/mol. The molecule has 0 fully saturated rings. The average Bonchev–Trinajstić information content (AvgIpc) is 2.67. The van der Waals surface area contributed by atoms with Crippen molar-refractivity contribution in [3.8, 4) is 0 Å². The van der Waals surface area contributed by atoms with Crippen molar-refractivity contribution in [3.63, 3.8) is 0 Å².